The Labute approximate surface area is 210 Å². The fourth-order valence-electron chi connectivity index (χ4n) is 3.23. The Bertz CT molecular complexity index is 1160. The van der Waals surface area contributed by atoms with Gasteiger partial charge >= 0.3 is 5.97 Å². The number of benzene rings is 3. The molecule has 0 aliphatic rings. The van der Waals surface area contributed by atoms with Crippen molar-refractivity contribution in [2.75, 3.05) is 24.7 Å². The van der Waals surface area contributed by atoms with Gasteiger partial charge in [0.2, 0.25) is 6.29 Å². The van der Waals surface area contributed by atoms with E-state index in [9.17, 15) is 9.59 Å². The lowest BCUT2D eigenvalue weighted by Crippen LogP contribution is -2.23. The van der Waals surface area contributed by atoms with Gasteiger partial charge in [-0.05, 0) is 55.8 Å². The van der Waals surface area contributed by atoms with E-state index in [-0.39, 0.29) is 24.6 Å². The fraction of sp³-hybridized carbons (Fsp3) is 0.214. The first-order valence-electron chi connectivity index (χ1n) is 11.4. The van der Waals surface area contributed by atoms with Gasteiger partial charge in [-0.3, -0.25) is 4.79 Å². The highest BCUT2D eigenvalue weighted by atomic mass is 16.7. The minimum Gasteiger partial charge on any atom is -0.465 e. The van der Waals surface area contributed by atoms with Gasteiger partial charge in [-0.1, -0.05) is 48.5 Å². The lowest BCUT2D eigenvalue weighted by atomic mass is 10.1. The van der Waals surface area contributed by atoms with Crippen LogP contribution in [-0.2, 0) is 14.2 Å². The van der Waals surface area contributed by atoms with Gasteiger partial charge in [0.1, 0.15) is 5.75 Å². The Morgan fingerprint density at radius 3 is 2.06 bits per heavy atom. The third-order valence-electron chi connectivity index (χ3n) is 4.94. The number of rotatable bonds is 12. The van der Waals surface area contributed by atoms with Crippen LogP contribution in [0.3, 0.4) is 0 Å². The number of hydrogen-bond acceptors (Lipinski definition) is 8. The summed E-state index contributed by atoms with van der Waals surface area (Å²) in [5.74, 6) is -0.0146. The molecule has 0 aromatic heterocycles. The summed E-state index contributed by atoms with van der Waals surface area (Å²) < 4.78 is 22.0. The van der Waals surface area contributed by atoms with E-state index < -0.39 is 18.5 Å². The Morgan fingerprint density at radius 1 is 0.806 bits per heavy atom. The normalized spacial score (nSPS) is 12.7. The molecule has 0 spiro atoms. The van der Waals surface area contributed by atoms with Crippen molar-refractivity contribution < 1.29 is 28.5 Å². The maximum Gasteiger partial charge on any atom is 0.340 e. The highest BCUT2D eigenvalue weighted by Crippen LogP contribution is 2.17. The molecule has 188 valence electrons. The highest BCUT2D eigenvalue weighted by molar-refractivity contribution is 6.06. The SMILES string of the molecule is CC(OCCOC(C)Oc1ccc(/C=C/C(=O)c2ccccc2)cc1)OC(=O)c1cc(N)cc(N)c1. The molecule has 36 heavy (non-hydrogen) atoms. The van der Waals surface area contributed by atoms with Crippen LogP contribution < -0.4 is 16.2 Å². The zero-order chi connectivity index (χ0) is 25.9. The first-order valence-corrected chi connectivity index (χ1v) is 11.4. The van der Waals surface area contributed by atoms with Crippen LogP contribution in [0.15, 0.2) is 78.9 Å². The van der Waals surface area contributed by atoms with Gasteiger partial charge in [-0.2, -0.15) is 0 Å². The van der Waals surface area contributed by atoms with Crippen molar-refractivity contribution in [2.45, 2.75) is 26.4 Å². The minimum absolute atomic E-state index is 0.0567. The van der Waals surface area contributed by atoms with E-state index >= 15 is 0 Å². The van der Waals surface area contributed by atoms with Crippen LogP contribution >= 0.6 is 0 Å². The Balaban J connectivity index is 1.36. The molecular formula is C28H30N2O6. The number of nitrogen functional groups attached to an aromatic ring is 2. The van der Waals surface area contributed by atoms with Crippen molar-refractivity contribution in [3.8, 4) is 5.75 Å². The molecule has 4 N–H and O–H groups in total. The Morgan fingerprint density at radius 2 is 1.42 bits per heavy atom. The molecule has 0 aliphatic carbocycles. The average Bonchev–Trinajstić information content (AvgIpc) is 2.86. The van der Waals surface area contributed by atoms with E-state index in [1.54, 1.807) is 56.3 Å². The van der Waals surface area contributed by atoms with Gasteiger partial charge in [0.15, 0.2) is 12.1 Å². The van der Waals surface area contributed by atoms with Crippen LogP contribution in [0.1, 0.15) is 40.1 Å². The van der Waals surface area contributed by atoms with Gasteiger partial charge in [-0.15, -0.1) is 0 Å². The second kappa shape index (κ2) is 13.1. The summed E-state index contributed by atoms with van der Waals surface area (Å²) in [5, 5.41) is 0. The van der Waals surface area contributed by atoms with Crippen LogP contribution in [0, 0.1) is 0 Å². The standard InChI is InChI=1S/C28H30N2O6/c1-19(33-14-15-34-20(2)36-28(32)23-16-24(29)18-25(30)17-23)35-26-11-8-21(9-12-26)10-13-27(31)22-6-4-3-5-7-22/h3-13,16-20H,14-15,29-30H2,1-2H3/b13-10+. The number of carbonyl (C=O) groups excluding carboxylic acids is 2. The number of carbonyl (C=O) groups is 2. The quantitative estimate of drug-likeness (QED) is 0.0935. The summed E-state index contributed by atoms with van der Waals surface area (Å²) in [4.78, 5) is 24.3. The van der Waals surface area contributed by atoms with Crippen molar-refractivity contribution in [2.24, 2.45) is 0 Å². The Hall–Kier alpha value is -4.14. The molecule has 0 fully saturated rings. The summed E-state index contributed by atoms with van der Waals surface area (Å²) >= 11 is 0. The van der Waals surface area contributed by atoms with Crippen LogP contribution in [0.4, 0.5) is 11.4 Å². The monoisotopic (exact) mass is 490 g/mol. The van der Waals surface area contributed by atoms with E-state index in [2.05, 4.69) is 0 Å². The number of allylic oxidation sites excluding steroid dienone is 1. The number of nitrogens with two attached hydrogens (primary N) is 2. The zero-order valence-electron chi connectivity index (χ0n) is 20.3. The predicted octanol–water partition coefficient (Wildman–Crippen LogP) is 4.71. The van der Waals surface area contributed by atoms with Gasteiger partial charge in [0, 0.05) is 16.9 Å². The van der Waals surface area contributed by atoms with Crippen LogP contribution in [0.2, 0.25) is 0 Å². The van der Waals surface area contributed by atoms with E-state index in [0.717, 1.165) is 5.56 Å². The lowest BCUT2D eigenvalue weighted by Gasteiger charge is -2.17. The summed E-state index contributed by atoms with van der Waals surface area (Å²) in [6.07, 6.45) is 1.99. The number of esters is 1. The third kappa shape index (κ3) is 8.57. The summed E-state index contributed by atoms with van der Waals surface area (Å²) in [6, 6.07) is 20.9. The molecule has 0 heterocycles. The van der Waals surface area contributed by atoms with Crippen LogP contribution in [0.5, 0.6) is 5.75 Å². The maximum absolute atomic E-state index is 12.2. The van der Waals surface area contributed by atoms with Crippen molar-refractivity contribution in [1.82, 2.24) is 0 Å². The second-order valence-electron chi connectivity index (χ2n) is 7.92. The molecule has 8 heteroatoms. The van der Waals surface area contributed by atoms with Crippen molar-refractivity contribution in [3.63, 3.8) is 0 Å². The fourth-order valence-corrected chi connectivity index (χ4v) is 3.23. The number of ether oxygens (including phenoxy) is 4. The molecule has 0 aliphatic heterocycles. The van der Waals surface area contributed by atoms with E-state index in [1.165, 1.54) is 12.1 Å². The molecule has 8 nitrogen and oxygen atoms in total. The lowest BCUT2D eigenvalue weighted by molar-refractivity contribution is -0.132. The van der Waals surface area contributed by atoms with Gasteiger partial charge in [0.05, 0.1) is 18.8 Å². The molecule has 3 aromatic rings. The molecule has 3 aromatic carbocycles. The van der Waals surface area contributed by atoms with E-state index in [0.29, 0.717) is 22.7 Å². The molecule has 0 radical (unpaired) electrons. The number of ketones is 1. The molecule has 2 atom stereocenters. The molecule has 3 rings (SSSR count). The van der Waals surface area contributed by atoms with Crippen LogP contribution in [-0.4, -0.2) is 37.5 Å². The predicted molar refractivity (Wildman–Crippen MR) is 138 cm³/mol. The minimum atomic E-state index is -0.783. The summed E-state index contributed by atoms with van der Waals surface area (Å²) in [6.45, 7) is 3.80. The number of hydrogen-bond donors (Lipinski definition) is 2. The smallest absolute Gasteiger partial charge is 0.340 e. The molecule has 0 saturated carbocycles. The van der Waals surface area contributed by atoms with Crippen molar-refractivity contribution >= 4 is 29.2 Å². The van der Waals surface area contributed by atoms with Gasteiger partial charge in [0.25, 0.3) is 0 Å². The largest absolute Gasteiger partial charge is 0.465 e. The number of anilines is 2. The average molecular weight is 491 g/mol. The first kappa shape index (κ1) is 26.5. The maximum atomic E-state index is 12.2. The molecule has 0 bridgehead atoms. The molecule has 2 unspecified atom stereocenters. The second-order valence-corrected chi connectivity index (χ2v) is 7.92. The Kier molecular flexibility index (Phi) is 9.62. The summed E-state index contributed by atoms with van der Waals surface area (Å²) in [5.41, 5.74) is 13.9. The van der Waals surface area contributed by atoms with Gasteiger partial charge < -0.3 is 30.4 Å². The summed E-state index contributed by atoms with van der Waals surface area (Å²) in [7, 11) is 0. The highest BCUT2D eigenvalue weighted by Gasteiger charge is 2.14. The van der Waals surface area contributed by atoms with E-state index in [1.807, 2.05) is 30.3 Å². The first-order chi connectivity index (χ1) is 17.3. The topological polar surface area (TPSA) is 123 Å². The van der Waals surface area contributed by atoms with Crippen molar-refractivity contribution in [1.29, 1.82) is 0 Å². The van der Waals surface area contributed by atoms with Gasteiger partial charge in [-0.25, -0.2) is 4.79 Å². The molecule has 0 saturated heterocycles. The third-order valence-corrected chi connectivity index (χ3v) is 4.94. The van der Waals surface area contributed by atoms with Crippen molar-refractivity contribution in [3.05, 3.63) is 95.6 Å². The van der Waals surface area contributed by atoms with E-state index in [4.69, 9.17) is 30.4 Å². The van der Waals surface area contributed by atoms with Crippen LogP contribution in [0.25, 0.3) is 6.08 Å². The zero-order valence-corrected chi connectivity index (χ0v) is 20.3. The molecule has 0 amide bonds. The molecular weight excluding hydrogens is 460 g/mol.